The summed E-state index contributed by atoms with van der Waals surface area (Å²) in [4.78, 5) is 11.2. The fourth-order valence-electron chi connectivity index (χ4n) is 3.23. The molecule has 0 radical (unpaired) electrons. The van der Waals surface area contributed by atoms with E-state index in [1.807, 2.05) is 42.5 Å². The molecule has 0 spiro atoms. The number of aromatic nitrogens is 1. The van der Waals surface area contributed by atoms with Crippen molar-refractivity contribution < 1.29 is 4.74 Å². The quantitative estimate of drug-likeness (QED) is 0.608. The Morgan fingerprint density at radius 3 is 2.78 bits per heavy atom. The number of anilines is 1. The van der Waals surface area contributed by atoms with Gasteiger partial charge in [-0.05, 0) is 43.7 Å². The molecule has 0 saturated carbocycles. The summed E-state index contributed by atoms with van der Waals surface area (Å²) in [6, 6.07) is 13.6. The Morgan fingerprint density at radius 1 is 1.33 bits per heavy atom. The molecule has 1 aliphatic rings. The second-order valence-corrected chi connectivity index (χ2v) is 7.65. The zero-order chi connectivity index (χ0) is 19.3. The highest BCUT2D eigenvalue weighted by Crippen LogP contribution is 2.28. The molecule has 27 heavy (non-hydrogen) atoms. The van der Waals surface area contributed by atoms with Crippen molar-refractivity contribution in [1.82, 2.24) is 9.88 Å². The van der Waals surface area contributed by atoms with E-state index in [1.54, 1.807) is 6.20 Å². The summed E-state index contributed by atoms with van der Waals surface area (Å²) in [7, 11) is 0. The highest BCUT2D eigenvalue weighted by Gasteiger charge is 2.32. The van der Waals surface area contributed by atoms with Gasteiger partial charge in [-0.2, -0.15) is 0 Å². The molecule has 0 amide bonds. The van der Waals surface area contributed by atoms with Gasteiger partial charge < -0.3 is 15.8 Å². The largest absolute Gasteiger partial charge is 0.373 e. The fraction of sp³-hybridized carbons (Fsp3) is 0.400. The smallest absolute Gasteiger partial charge is 0.194 e. The topological polar surface area (TPSA) is 75.8 Å². The standard InChI is InChI=1S/C20H26ClN5O/c1-20(2)14-26(11-12-27-20)17(15-6-8-16(21)9-7-15)13-24-19(22)25-18-5-3-4-10-23-18/h3-10,17H,11-14H2,1-2H3,(H3,22,23,24,25). The van der Waals surface area contributed by atoms with Crippen LogP contribution in [0.5, 0.6) is 0 Å². The van der Waals surface area contributed by atoms with E-state index in [1.165, 1.54) is 0 Å². The molecule has 1 aromatic carbocycles. The van der Waals surface area contributed by atoms with Crippen molar-refractivity contribution in [3.8, 4) is 0 Å². The third-order valence-corrected chi connectivity index (χ3v) is 4.76. The van der Waals surface area contributed by atoms with Crippen molar-refractivity contribution in [1.29, 1.82) is 0 Å². The van der Waals surface area contributed by atoms with E-state index in [-0.39, 0.29) is 11.6 Å². The molecule has 1 aromatic heterocycles. The van der Waals surface area contributed by atoms with Gasteiger partial charge >= 0.3 is 0 Å². The maximum absolute atomic E-state index is 6.07. The Kier molecular flexibility index (Phi) is 6.31. The molecule has 1 unspecified atom stereocenters. The molecule has 144 valence electrons. The van der Waals surface area contributed by atoms with E-state index in [2.05, 4.69) is 34.0 Å². The monoisotopic (exact) mass is 387 g/mol. The summed E-state index contributed by atoms with van der Waals surface area (Å²) in [5.74, 6) is 1.02. The highest BCUT2D eigenvalue weighted by atomic mass is 35.5. The Bertz CT molecular complexity index is 764. The molecular weight excluding hydrogens is 362 g/mol. The van der Waals surface area contributed by atoms with Gasteiger partial charge in [0.2, 0.25) is 0 Å². The van der Waals surface area contributed by atoms with E-state index >= 15 is 0 Å². The Balaban J connectivity index is 1.77. The molecular formula is C20H26ClN5O. The average molecular weight is 388 g/mol. The third kappa shape index (κ3) is 5.66. The van der Waals surface area contributed by atoms with Crippen LogP contribution in [0.15, 0.2) is 53.7 Å². The summed E-state index contributed by atoms with van der Waals surface area (Å²) >= 11 is 6.07. The summed E-state index contributed by atoms with van der Waals surface area (Å²) < 4.78 is 5.86. The molecule has 0 bridgehead atoms. The first-order chi connectivity index (χ1) is 12.9. The number of morpholine rings is 1. The number of guanidine groups is 1. The van der Waals surface area contributed by atoms with Crippen molar-refractivity contribution in [2.45, 2.75) is 25.5 Å². The van der Waals surface area contributed by atoms with Crippen LogP contribution in [-0.2, 0) is 4.74 Å². The fourth-order valence-corrected chi connectivity index (χ4v) is 3.35. The zero-order valence-electron chi connectivity index (χ0n) is 15.7. The van der Waals surface area contributed by atoms with Crippen LogP contribution in [0.25, 0.3) is 0 Å². The van der Waals surface area contributed by atoms with Crippen LogP contribution in [0.2, 0.25) is 5.02 Å². The lowest BCUT2D eigenvalue weighted by Gasteiger charge is -2.42. The second kappa shape index (κ2) is 8.69. The molecule has 7 heteroatoms. The number of aliphatic imine (C=N–C) groups is 1. The first kappa shape index (κ1) is 19.6. The van der Waals surface area contributed by atoms with E-state index in [0.29, 0.717) is 24.9 Å². The average Bonchev–Trinajstić information content (AvgIpc) is 2.63. The first-order valence-electron chi connectivity index (χ1n) is 9.04. The third-order valence-electron chi connectivity index (χ3n) is 4.51. The number of nitrogens with two attached hydrogens (primary N) is 1. The summed E-state index contributed by atoms with van der Waals surface area (Å²) in [5, 5.41) is 3.75. The van der Waals surface area contributed by atoms with Crippen molar-refractivity contribution in [3.63, 3.8) is 0 Å². The van der Waals surface area contributed by atoms with Crippen molar-refractivity contribution in [3.05, 3.63) is 59.2 Å². The Morgan fingerprint density at radius 2 is 2.11 bits per heavy atom. The van der Waals surface area contributed by atoms with Crippen molar-refractivity contribution in [2.24, 2.45) is 10.7 Å². The molecule has 3 rings (SSSR count). The molecule has 1 atom stereocenters. The van der Waals surface area contributed by atoms with Crippen LogP contribution >= 0.6 is 11.6 Å². The van der Waals surface area contributed by atoms with Gasteiger partial charge in [0.15, 0.2) is 5.96 Å². The predicted octanol–water partition coefficient (Wildman–Crippen LogP) is 3.31. The number of benzene rings is 1. The van der Waals surface area contributed by atoms with Gasteiger partial charge in [0.1, 0.15) is 5.82 Å². The minimum atomic E-state index is -0.190. The second-order valence-electron chi connectivity index (χ2n) is 7.21. The van der Waals surface area contributed by atoms with Crippen LogP contribution in [0, 0.1) is 0 Å². The number of pyridine rings is 1. The van der Waals surface area contributed by atoms with Gasteiger partial charge in [0, 0.05) is 24.3 Å². The number of ether oxygens (including phenoxy) is 1. The van der Waals surface area contributed by atoms with Crippen LogP contribution in [-0.4, -0.2) is 47.7 Å². The molecule has 1 aliphatic heterocycles. The maximum Gasteiger partial charge on any atom is 0.194 e. The number of nitrogens with one attached hydrogen (secondary N) is 1. The van der Waals surface area contributed by atoms with E-state index in [0.717, 1.165) is 23.7 Å². The van der Waals surface area contributed by atoms with Crippen LogP contribution in [0.1, 0.15) is 25.5 Å². The SMILES string of the molecule is CC1(C)CN(C(CN=C(N)Nc2ccccn2)c2ccc(Cl)cc2)CCO1. The van der Waals surface area contributed by atoms with Crippen molar-refractivity contribution >= 4 is 23.4 Å². The predicted molar refractivity (Wildman–Crippen MR) is 110 cm³/mol. The minimum Gasteiger partial charge on any atom is -0.373 e. The van der Waals surface area contributed by atoms with Gasteiger partial charge in [0.25, 0.3) is 0 Å². The number of hydrogen-bond donors (Lipinski definition) is 2. The lowest BCUT2D eigenvalue weighted by atomic mass is 10.0. The Hall–Kier alpha value is -2.15. The maximum atomic E-state index is 6.07. The lowest BCUT2D eigenvalue weighted by molar-refractivity contribution is -0.0966. The first-order valence-corrected chi connectivity index (χ1v) is 9.42. The van der Waals surface area contributed by atoms with Gasteiger partial charge in [-0.1, -0.05) is 29.8 Å². The number of rotatable bonds is 5. The molecule has 6 nitrogen and oxygen atoms in total. The molecule has 2 heterocycles. The molecule has 1 fully saturated rings. The van der Waals surface area contributed by atoms with Gasteiger partial charge in [-0.25, -0.2) is 4.98 Å². The highest BCUT2D eigenvalue weighted by molar-refractivity contribution is 6.30. The van der Waals surface area contributed by atoms with Crippen LogP contribution in [0.4, 0.5) is 5.82 Å². The normalized spacial score (nSPS) is 18.9. The summed E-state index contributed by atoms with van der Waals surface area (Å²) in [6.45, 7) is 7.12. The number of nitrogens with zero attached hydrogens (tertiary/aromatic N) is 3. The van der Waals surface area contributed by atoms with Gasteiger partial charge in [-0.15, -0.1) is 0 Å². The van der Waals surface area contributed by atoms with E-state index in [9.17, 15) is 0 Å². The van der Waals surface area contributed by atoms with Crippen LogP contribution < -0.4 is 11.1 Å². The van der Waals surface area contributed by atoms with E-state index < -0.39 is 0 Å². The Labute approximate surface area is 165 Å². The summed E-state index contributed by atoms with van der Waals surface area (Å²) in [6.07, 6.45) is 1.71. The summed E-state index contributed by atoms with van der Waals surface area (Å²) in [5.41, 5.74) is 7.04. The molecule has 0 aliphatic carbocycles. The minimum absolute atomic E-state index is 0.0922. The number of halogens is 1. The van der Waals surface area contributed by atoms with Gasteiger partial charge in [0.05, 0.1) is 24.8 Å². The molecule has 3 N–H and O–H groups in total. The van der Waals surface area contributed by atoms with Crippen LogP contribution in [0.3, 0.4) is 0 Å². The molecule has 2 aromatic rings. The van der Waals surface area contributed by atoms with Gasteiger partial charge in [-0.3, -0.25) is 9.89 Å². The molecule has 1 saturated heterocycles. The zero-order valence-corrected chi connectivity index (χ0v) is 16.5. The number of hydrogen-bond acceptors (Lipinski definition) is 4. The lowest BCUT2D eigenvalue weighted by Crippen LogP contribution is -2.50. The van der Waals surface area contributed by atoms with E-state index in [4.69, 9.17) is 22.1 Å². The van der Waals surface area contributed by atoms with Crippen molar-refractivity contribution in [2.75, 3.05) is 31.6 Å².